The highest BCUT2D eigenvalue weighted by atomic mass is 16.3. The summed E-state index contributed by atoms with van der Waals surface area (Å²) in [5.74, 6) is -0.108. The molecule has 1 aromatic heterocycles. The number of aromatic nitrogens is 1. The van der Waals surface area contributed by atoms with Crippen LogP contribution >= 0.6 is 0 Å². The molecule has 1 aromatic rings. The summed E-state index contributed by atoms with van der Waals surface area (Å²) in [4.78, 5) is 31.3. The second-order valence-electron chi connectivity index (χ2n) is 8.17. The van der Waals surface area contributed by atoms with E-state index in [1.165, 1.54) is 6.20 Å². The number of aryl methyl sites for hydroxylation is 1. The van der Waals surface area contributed by atoms with Crippen molar-refractivity contribution in [3.05, 3.63) is 17.8 Å². The fourth-order valence-corrected chi connectivity index (χ4v) is 4.42. The Labute approximate surface area is 160 Å². The lowest BCUT2D eigenvalue weighted by Gasteiger charge is -2.44. The molecule has 2 aliphatic rings. The number of nitrogens with zero attached hydrogens (tertiary/aromatic N) is 2. The van der Waals surface area contributed by atoms with Crippen LogP contribution in [-0.2, 0) is 9.59 Å². The first-order chi connectivity index (χ1) is 12.8. The third-order valence-electron chi connectivity index (χ3n) is 5.93. The Morgan fingerprint density at radius 2 is 2.07 bits per heavy atom. The van der Waals surface area contributed by atoms with Crippen LogP contribution in [0.4, 0.5) is 11.5 Å². The van der Waals surface area contributed by atoms with Crippen molar-refractivity contribution in [1.82, 2.24) is 9.88 Å². The first kappa shape index (κ1) is 19.6. The number of aliphatic hydroxyl groups is 1. The van der Waals surface area contributed by atoms with Gasteiger partial charge in [-0.1, -0.05) is 13.3 Å². The zero-order chi connectivity index (χ0) is 19.6. The van der Waals surface area contributed by atoms with Crippen LogP contribution in [-0.4, -0.2) is 45.5 Å². The smallest absolute Gasteiger partial charge is 0.313 e. The van der Waals surface area contributed by atoms with Gasteiger partial charge in [-0.2, -0.15) is 0 Å². The van der Waals surface area contributed by atoms with Gasteiger partial charge in [-0.15, -0.1) is 0 Å². The molecule has 2 heterocycles. The molecule has 1 aliphatic carbocycles. The zero-order valence-electron chi connectivity index (χ0n) is 16.1. The van der Waals surface area contributed by atoms with Gasteiger partial charge in [0.15, 0.2) is 0 Å². The molecule has 1 aliphatic heterocycles. The van der Waals surface area contributed by atoms with Crippen LogP contribution in [0, 0.1) is 18.8 Å². The number of rotatable bonds is 2. The minimum Gasteiger partial charge on any atom is -0.393 e. The van der Waals surface area contributed by atoms with Crippen LogP contribution in [0.15, 0.2) is 12.3 Å². The predicted octanol–water partition coefficient (Wildman–Crippen LogP) is 2.09. The maximum absolute atomic E-state index is 12.9. The first-order valence-corrected chi connectivity index (χ1v) is 9.87. The number of amides is 2. The second-order valence-corrected chi connectivity index (χ2v) is 8.17. The monoisotopic (exact) mass is 374 g/mol. The van der Waals surface area contributed by atoms with Gasteiger partial charge in [-0.3, -0.25) is 9.59 Å². The molecule has 1 saturated carbocycles. The highest BCUT2D eigenvalue weighted by molar-refractivity contribution is 6.39. The molecule has 0 aromatic carbocycles. The molecule has 0 radical (unpaired) electrons. The Morgan fingerprint density at radius 3 is 2.78 bits per heavy atom. The van der Waals surface area contributed by atoms with Crippen LogP contribution in [0.5, 0.6) is 0 Å². The molecule has 2 amide bonds. The minimum atomic E-state index is -0.642. The molecule has 1 saturated heterocycles. The maximum atomic E-state index is 12.9. The van der Waals surface area contributed by atoms with Gasteiger partial charge in [0.25, 0.3) is 0 Å². The molecular formula is C20H30N4O3. The normalized spacial score (nSPS) is 28.6. The largest absolute Gasteiger partial charge is 0.393 e. The number of nitrogens with one attached hydrogen (secondary N) is 1. The van der Waals surface area contributed by atoms with Gasteiger partial charge < -0.3 is 21.1 Å². The van der Waals surface area contributed by atoms with E-state index in [9.17, 15) is 14.7 Å². The second kappa shape index (κ2) is 8.25. The van der Waals surface area contributed by atoms with Gasteiger partial charge in [-0.05, 0) is 62.5 Å². The van der Waals surface area contributed by atoms with E-state index in [0.717, 1.165) is 37.7 Å². The van der Waals surface area contributed by atoms with Crippen LogP contribution in [0.1, 0.15) is 51.0 Å². The minimum absolute atomic E-state index is 0.0284. The number of nitrogen functional groups attached to an aromatic ring is 1. The summed E-state index contributed by atoms with van der Waals surface area (Å²) in [6.45, 7) is 4.50. The lowest BCUT2D eigenvalue weighted by atomic mass is 9.77. The van der Waals surface area contributed by atoms with E-state index in [1.807, 2.05) is 0 Å². The number of likely N-dealkylation sites (tertiary alicyclic amines) is 1. The summed E-state index contributed by atoms with van der Waals surface area (Å²) in [6.07, 6.45) is 6.62. The number of carbonyl (C=O) groups is 2. The molecule has 7 heteroatoms. The molecule has 27 heavy (non-hydrogen) atoms. The SMILES string of the molecule is Cc1cc(NC(=O)C(=O)N2C[C@@H](C)CC[C@@H]2[C@@H]2CCC[C@@H](O)C2)cnc1N. The number of anilines is 2. The van der Waals surface area contributed by atoms with Gasteiger partial charge in [-0.25, -0.2) is 4.98 Å². The molecule has 4 N–H and O–H groups in total. The number of hydrogen-bond donors (Lipinski definition) is 3. The molecular weight excluding hydrogens is 344 g/mol. The number of hydrogen-bond acceptors (Lipinski definition) is 5. The van der Waals surface area contributed by atoms with E-state index in [-0.39, 0.29) is 18.1 Å². The number of aliphatic hydroxyl groups excluding tert-OH is 1. The fourth-order valence-electron chi connectivity index (χ4n) is 4.42. The van der Waals surface area contributed by atoms with Gasteiger partial charge in [0.2, 0.25) is 0 Å². The number of pyridine rings is 1. The summed E-state index contributed by atoms with van der Waals surface area (Å²) >= 11 is 0. The van der Waals surface area contributed by atoms with Gasteiger partial charge in [0.05, 0.1) is 18.0 Å². The molecule has 0 spiro atoms. The Kier molecular flexibility index (Phi) is 5.99. The average Bonchev–Trinajstić information content (AvgIpc) is 2.64. The van der Waals surface area contributed by atoms with E-state index in [2.05, 4.69) is 17.2 Å². The summed E-state index contributed by atoms with van der Waals surface area (Å²) in [6, 6.07) is 1.74. The highest BCUT2D eigenvalue weighted by Crippen LogP contribution is 2.35. The summed E-state index contributed by atoms with van der Waals surface area (Å²) in [5.41, 5.74) is 6.92. The molecule has 4 atom stereocenters. The van der Waals surface area contributed by atoms with Crippen LogP contribution in [0.25, 0.3) is 0 Å². The lowest BCUT2D eigenvalue weighted by Crippen LogP contribution is -2.53. The summed E-state index contributed by atoms with van der Waals surface area (Å²) in [5, 5.41) is 12.7. The van der Waals surface area contributed by atoms with Crippen LogP contribution in [0.2, 0.25) is 0 Å². The van der Waals surface area contributed by atoms with Crippen molar-refractivity contribution in [3.8, 4) is 0 Å². The van der Waals surface area contributed by atoms with Gasteiger partial charge >= 0.3 is 11.8 Å². The molecule has 0 unspecified atom stereocenters. The third kappa shape index (κ3) is 4.58. The van der Waals surface area contributed by atoms with Gasteiger partial charge in [0, 0.05) is 12.6 Å². The van der Waals surface area contributed by atoms with Crippen molar-refractivity contribution in [2.45, 2.75) is 64.5 Å². The van der Waals surface area contributed by atoms with Crippen molar-refractivity contribution in [2.24, 2.45) is 11.8 Å². The lowest BCUT2D eigenvalue weighted by molar-refractivity contribution is -0.148. The number of piperidine rings is 1. The molecule has 0 bridgehead atoms. The Balaban J connectivity index is 1.72. The van der Waals surface area contributed by atoms with Crippen molar-refractivity contribution in [2.75, 3.05) is 17.6 Å². The Morgan fingerprint density at radius 1 is 1.30 bits per heavy atom. The quantitative estimate of drug-likeness (QED) is 0.687. The third-order valence-corrected chi connectivity index (χ3v) is 5.93. The Bertz CT molecular complexity index is 708. The van der Waals surface area contributed by atoms with Crippen LogP contribution in [0.3, 0.4) is 0 Å². The van der Waals surface area contributed by atoms with Crippen LogP contribution < -0.4 is 11.1 Å². The summed E-state index contributed by atoms with van der Waals surface area (Å²) in [7, 11) is 0. The predicted molar refractivity (Wildman–Crippen MR) is 104 cm³/mol. The van der Waals surface area contributed by atoms with E-state index in [1.54, 1.807) is 17.9 Å². The average molecular weight is 374 g/mol. The number of carbonyl (C=O) groups excluding carboxylic acids is 2. The van der Waals surface area contributed by atoms with Crippen molar-refractivity contribution in [1.29, 1.82) is 0 Å². The zero-order valence-corrected chi connectivity index (χ0v) is 16.1. The summed E-state index contributed by atoms with van der Waals surface area (Å²) < 4.78 is 0. The van der Waals surface area contributed by atoms with E-state index < -0.39 is 11.8 Å². The molecule has 3 rings (SSSR count). The molecule has 148 valence electrons. The fraction of sp³-hybridized carbons (Fsp3) is 0.650. The molecule has 7 nitrogen and oxygen atoms in total. The van der Waals surface area contributed by atoms with Crippen molar-refractivity contribution < 1.29 is 14.7 Å². The first-order valence-electron chi connectivity index (χ1n) is 9.87. The standard InChI is InChI=1S/C20H30N4O3/c1-12-6-7-17(14-4-3-5-16(25)9-14)24(11-12)20(27)19(26)23-15-8-13(2)18(21)22-10-15/h8,10,12,14,16-17,25H,3-7,9,11H2,1-2H3,(H2,21,22)(H,23,26)/t12-,14+,16+,17+/m0/s1. The maximum Gasteiger partial charge on any atom is 0.313 e. The van der Waals surface area contributed by atoms with E-state index >= 15 is 0 Å². The van der Waals surface area contributed by atoms with E-state index in [0.29, 0.717) is 30.4 Å². The highest BCUT2D eigenvalue weighted by Gasteiger charge is 2.39. The van der Waals surface area contributed by atoms with Gasteiger partial charge in [0.1, 0.15) is 5.82 Å². The molecule has 2 fully saturated rings. The topological polar surface area (TPSA) is 109 Å². The number of nitrogens with two attached hydrogens (primary N) is 1. The van der Waals surface area contributed by atoms with Crippen molar-refractivity contribution in [3.63, 3.8) is 0 Å². The van der Waals surface area contributed by atoms with E-state index in [4.69, 9.17) is 5.73 Å². The Hall–Kier alpha value is -2.15. The van der Waals surface area contributed by atoms with Crippen molar-refractivity contribution >= 4 is 23.3 Å².